The molecule has 2 unspecified atom stereocenters. The van der Waals surface area contributed by atoms with Crippen LogP contribution in [0.1, 0.15) is 22.8 Å². The first-order valence-electron chi connectivity index (χ1n) is 8.14. The van der Waals surface area contributed by atoms with Gasteiger partial charge in [-0.25, -0.2) is 0 Å². The molecule has 2 aromatic carbocycles. The van der Waals surface area contributed by atoms with Gasteiger partial charge >= 0.3 is 5.51 Å². The van der Waals surface area contributed by atoms with E-state index in [-0.39, 0.29) is 12.2 Å². The van der Waals surface area contributed by atoms with Crippen molar-refractivity contribution in [2.45, 2.75) is 22.9 Å². The van der Waals surface area contributed by atoms with Crippen molar-refractivity contribution >= 4 is 33.0 Å². The molecular weight excluding hydrogens is 487 g/mol. The summed E-state index contributed by atoms with van der Waals surface area (Å²) in [6.45, 7) is 1.17. The van der Waals surface area contributed by atoms with Crippen LogP contribution in [0.5, 0.6) is 5.75 Å². The van der Waals surface area contributed by atoms with Crippen LogP contribution in [-0.2, 0) is 11.2 Å². The highest BCUT2D eigenvalue weighted by molar-refractivity contribution is 9.10. The number of rotatable bonds is 6. The molecule has 6 nitrogen and oxygen atoms in total. The van der Waals surface area contributed by atoms with Gasteiger partial charge in [0.25, 0.3) is 5.91 Å². The lowest BCUT2D eigenvalue weighted by molar-refractivity contribution is -0.0435. The normalized spacial score (nSPS) is 14.0. The molecule has 0 aromatic heterocycles. The third-order valence-corrected chi connectivity index (χ3v) is 5.49. The zero-order valence-corrected chi connectivity index (χ0v) is 17.7. The third-order valence-electron chi connectivity index (χ3n) is 3.75. The number of nitrogens with one attached hydrogen (secondary N) is 1. The van der Waals surface area contributed by atoms with Crippen LogP contribution in [0.4, 0.5) is 13.2 Å². The first kappa shape index (κ1) is 23.5. The molecule has 0 spiro atoms. The van der Waals surface area contributed by atoms with Crippen molar-refractivity contribution in [2.24, 2.45) is 0 Å². The number of carbonyl (C=O) groups is 1. The molecule has 0 aliphatic rings. The highest BCUT2D eigenvalue weighted by atomic mass is 79.9. The van der Waals surface area contributed by atoms with Gasteiger partial charge in [0.05, 0.1) is 33.4 Å². The summed E-state index contributed by atoms with van der Waals surface area (Å²) in [5.41, 5.74) is -5.97. The van der Waals surface area contributed by atoms with Crippen molar-refractivity contribution in [3.63, 3.8) is 0 Å². The summed E-state index contributed by atoms with van der Waals surface area (Å²) in [7, 11) is 0. The van der Waals surface area contributed by atoms with Crippen LogP contribution in [0.15, 0.2) is 51.8 Å². The summed E-state index contributed by atoms with van der Waals surface area (Å²) in [5.74, 6) is -0.366. The minimum atomic E-state index is -4.90. The van der Waals surface area contributed by atoms with Crippen molar-refractivity contribution < 1.29 is 27.3 Å². The maximum Gasteiger partial charge on any atom is 0.578 e. The molecule has 0 bridgehead atoms. The van der Waals surface area contributed by atoms with Gasteiger partial charge in [-0.3, -0.25) is 4.79 Å². The first-order valence-corrected chi connectivity index (χ1v) is 10.1. The zero-order valence-electron chi connectivity index (χ0n) is 15.3. The second kappa shape index (κ2) is 9.39. The molecule has 0 radical (unpaired) electrons. The summed E-state index contributed by atoms with van der Waals surface area (Å²) in [5, 5.41) is 20.8. The molecule has 30 heavy (non-hydrogen) atoms. The lowest BCUT2D eigenvalue weighted by Gasteiger charge is -2.24. The highest BCUT2D eigenvalue weighted by Gasteiger charge is 2.46. The number of hydrogen-bond acceptors (Lipinski definition) is 5. The van der Waals surface area contributed by atoms with Gasteiger partial charge in [-0.05, 0) is 65.3 Å². The molecule has 0 fully saturated rings. The van der Waals surface area contributed by atoms with E-state index in [0.29, 0.717) is 15.8 Å². The van der Waals surface area contributed by atoms with E-state index in [1.807, 2.05) is 12.1 Å². The molecule has 0 saturated carbocycles. The fourth-order valence-corrected chi connectivity index (χ4v) is 3.34. The van der Waals surface area contributed by atoms with Crippen molar-refractivity contribution in [3.8, 4) is 17.9 Å². The quantitative estimate of drug-likeness (QED) is 0.603. The number of carbonyl (C=O) groups excluding carboxylic acids is 1. The number of amides is 1. The molecule has 2 aromatic rings. The van der Waals surface area contributed by atoms with Gasteiger partial charge in [0.1, 0.15) is 12.4 Å². The van der Waals surface area contributed by atoms with Crippen molar-refractivity contribution in [1.82, 2.24) is 5.32 Å². The molecule has 1 N–H and O–H groups in total. The van der Waals surface area contributed by atoms with Gasteiger partial charge in [0.15, 0.2) is 10.4 Å². The minimum absolute atomic E-state index is 0.0149. The first-order chi connectivity index (χ1) is 14.0. The molecule has 1 amide bonds. The molecule has 0 aliphatic carbocycles. The zero-order chi connectivity index (χ0) is 22.5. The van der Waals surface area contributed by atoms with Gasteiger partial charge in [0, 0.05) is 5.56 Å². The molecule has 0 heterocycles. The Kier molecular flexibility index (Phi) is 7.37. The number of nitriles is 2. The molecule has 2 rings (SSSR count). The fourth-order valence-electron chi connectivity index (χ4n) is 2.19. The highest BCUT2D eigenvalue weighted by Crippen LogP contribution is 2.30. The third kappa shape index (κ3) is 5.89. The number of alkyl halides is 3. The predicted molar refractivity (Wildman–Crippen MR) is 105 cm³/mol. The van der Waals surface area contributed by atoms with Gasteiger partial charge in [-0.1, -0.05) is 0 Å². The number of hydrogen-bond donors (Lipinski definition) is 1. The summed E-state index contributed by atoms with van der Waals surface area (Å²) < 4.78 is 54.9. The lowest BCUT2D eigenvalue weighted by Crippen LogP contribution is -2.49. The number of ether oxygens (including phenoxy) is 1. The van der Waals surface area contributed by atoms with E-state index >= 15 is 0 Å². The molecule has 156 valence electrons. The largest absolute Gasteiger partial charge is 0.604 e. The second-order valence-electron chi connectivity index (χ2n) is 6.18. The van der Waals surface area contributed by atoms with Crippen molar-refractivity contribution in [2.75, 3.05) is 6.61 Å². The minimum Gasteiger partial charge on any atom is -0.604 e. The lowest BCUT2D eigenvalue weighted by atomic mass is 10.1. The Balaban J connectivity index is 2.08. The molecule has 0 aliphatic heterocycles. The van der Waals surface area contributed by atoms with Crippen LogP contribution in [0.25, 0.3) is 0 Å². The van der Waals surface area contributed by atoms with Crippen molar-refractivity contribution in [1.29, 1.82) is 10.5 Å². The van der Waals surface area contributed by atoms with Gasteiger partial charge in [-0.2, -0.15) is 10.5 Å². The predicted octanol–water partition coefficient (Wildman–Crippen LogP) is 4.04. The Morgan fingerprint density at radius 1 is 1.23 bits per heavy atom. The Morgan fingerprint density at radius 2 is 1.87 bits per heavy atom. The summed E-state index contributed by atoms with van der Waals surface area (Å²) in [6.07, 6.45) is 0. The van der Waals surface area contributed by atoms with E-state index in [4.69, 9.17) is 10.00 Å². The van der Waals surface area contributed by atoms with Crippen LogP contribution >= 0.6 is 15.9 Å². The Morgan fingerprint density at radius 3 is 2.37 bits per heavy atom. The summed E-state index contributed by atoms with van der Waals surface area (Å²) in [4.78, 5) is 11.9. The number of nitrogens with zero attached hydrogens (tertiary/aromatic N) is 2. The molecule has 2 atom stereocenters. The summed E-state index contributed by atoms with van der Waals surface area (Å²) in [6, 6.07) is 12.5. The van der Waals surface area contributed by atoms with Crippen LogP contribution in [0, 0.1) is 22.7 Å². The maximum absolute atomic E-state index is 12.5. The molecule has 0 saturated heterocycles. The van der Waals surface area contributed by atoms with E-state index in [1.165, 1.54) is 25.1 Å². The Bertz CT molecular complexity index is 1020. The van der Waals surface area contributed by atoms with E-state index < -0.39 is 33.0 Å². The van der Waals surface area contributed by atoms with Gasteiger partial charge in [-0.15, -0.1) is 13.2 Å². The maximum atomic E-state index is 12.5. The average molecular weight is 500 g/mol. The van der Waals surface area contributed by atoms with Gasteiger partial charge in [0.2, 0.25) is 0 Å². The second-order valence-corrected chi connectivity index (χ2v) is 8.51. The topological polar surface area (TPSA) is 109 Å². The van der Waals surface area contributed by atoms with E-state index in [1.54, 1.807) is 0 Å². The molecule has 11 heteroatoms. The van der Waals surface area contributed by atoms with Crippen LogP contribution in [-0.4, -0.2) is 28.1 Å². The van der Waals surface area contributed by atoms with E-state index in [9.17, 15) is 27.8 Å². The Labute approximate surface area is 181 Å². The van der Waals surface area contributed by atoms with Crippen LogP contribution in [0.2, 0.25) is 0 Å². The van der Waals surface area contributed by atoms with E-state index in [2.05, 4.69) is 21.2 Å². The average Bonchev–Trinajstić information content (AvgIpc) is 2.71. The van der Waals surface area contributed by atoms with E-state index in [0.717, 1.165) is 24.3 Å². The smallest absolute Gasteiger partial charge is 0.578 e. The van der Waals surface area contributed by atoms with Crippen molar-refractivity contribution in [3.05, 3.63) is 58.1 Å². The van der Waals surface area contributed by atoms with Gasteiger partial charge < -0.3 is 14.6 Å². The summed E-state index contributed by atoms with van der Waals surface area (Å²) >= 11 is 0.0456. The number of benzene rings is 2. The Hall–Kier alpha value is -2.73. The monoisotopic (exact) mass is 499 g/mol. The number of halogens is 4. The van der Waals surface area contributed by atoms with Crippen LogP contribution in [0.3, 0.4) is 0 Å². The SMILES string of the molecule is CC(C#N)(COc1ccc(C#N)cc1Br)NC(=O)c1ccc([S+]([O-])C(F)(F)F)cc1. The standard InChI is InChI=1S/C19H13BrF3N3O3S/c1-18(10-25,11-29-16-7-2-12(9-24)8-15(16)20)26-17(27)13-3-5-14(6-4-13)30(28)19(21,22)23/h2-8H,11H2,1H3,(H,26,27). The molecular formula is C19H13BrF3N3O3S. The fraction of sp³-hybridized carbons (Fsp3) is 0.211. The van der Waals surface area contributed by atoms with Crippen LogP contribution < -0.4 is 10.1 Å².